The van der Waals surface area contributed by atoms with Crippen LogP contribution in [0.2, 0.25) is 0 Å². The molecule has 7 heteroatoms. The summed E-state index contributed by atoms with van der Waals surface area (Å²) < 4.78 is 5.16. The summed E-state index contributed by atoms with van der Waals surface area (Å²) in [4.78, 5) is 28.9. The van der Waals surface area contributed by atoms with Crippen LogP contribution >= 0.6 is 0 Å². The van der Waals surface area contributed by atoms with E-state index in [9.17, 15) is 9.59 Å². The summed E-state index contributed by atoms with van der Waals surface area (Å²) in [7, 11) is 0. The third-order valence-electron chi connectivity index (χ3n) is 4.25. The second-order valence-electron chi connectivity index (χ2n) is 6.22. The van der Waals surface area contributed by atoms with Crippen LogP contribution in [0.25, 0.3) is 0 Å². The SMILES string of the molecule is C=C1C[C@H](c2ccc(N=C(N)N)cc2)[C@@H](NC(=O)c2ccccc2)C(=O)O1. The highest BCUT2D eigenvalue weighted by Gasteiger charge is 2.37. The number of amides is 1. The van der Waals surface area contributed by atoms with Gasteiger partial charge in [0.15, 0.2) is 5.96 Å². The van der Waals surface area contributed by atoms with Crippen molar-refractivity contribution >= 4 is 23.5 Å². The minimum Gasteiger partial charge on any atom is -0.430 e. The first-order valence-corrected chi connectivity index (χ1v) is 8.39. The lowest BCUT2D eigenvalue weighted by atomic mass is 9.86. The van der Waals surface area contributed by atoms with Gasteiger partial charge in [0.25, 0.3) is 5.91 Å². The first-order valence-electron chi connectivity index (χ1n) is 8.39. The molecule has 27 heavy (non-hydrogen) atoms. The summed E-state index contributed by atoms with van der Waals surface area (Å²) in [5.74, 6) is -0.852. The molecule has 0 aliphatic carbocycles. The van der Waals surface area contributed by atoms with Crippen molar-refractivity contribution in [3.63, 3.8) is 0 Å². The topological polar surface area (TPSA) is 120 Å². The maximum absolute atomic E-state index is 12.5. The fraction of sp³-hybridized carbons (Fsp3) is 0.150. The number of guanidine groups is 1. The molecule has 1 heterocycles. The first kappa shape index (κ1) is 18.2. The normalized spacial score (nSPS) is 19.1. The van der Waals surface area contributed by atoms with Gasteiger partial charge < -0.3 is 21.5 Å². The van der Waals surface area contributed by atoms with Crippen molar-refractivity contribution in [3.05, 3.63) is 78.1 Å². The number of cyclic esters (lactones) is 1. The van der Waals surface area contributed by atoms with E-state index in [1.165, 1.54) is 0 Å². The van der Waals surface area contributed by atoms with Gasteiger partial charge in [-0.25, -0.2) is 9.79 Å². The number of nitrogens with two attached hydrogens (primary N) is 2. The van der Waals surface area contributed by atoms with Gasteiger partial charge in [-0.15, -0.1) is 0 Å². The van der Waals surface area contributed by atoms with Gasteiger partial charge in [-0.05, 0) is 29.8 Å². The Bertz CT molecular complexity index is 887. The molecule has 1 saturated heterocycles. The fourth-order valence-corrected chi connectivity index (χ4v) is 3.00. The molecule has 7 nitrogen and oxygen atoms in total. The van der Waals surface area contributed by atoms with Crippen molar-refractivity contribution in [2.24, 2.45) is 16.5 Å². The van der Waals surface area contributed by atoms with Crippen LogP contribution in [0.1, 0.15) is 28.3 Å². The second-order valence-corrected chi connectivity index (χ2v) is 6.22. The summed E-state index contributed by atoms with van der Waals surface area (Å²) in [6, 6.07) is 15.0. The molecule has 1 amide bonds. The van der Waals surface area contributed by atoms with Crippen molar-refractivity contribution in [2.45, 2.75) is 18.4 Å². The van der Waals surface area contributed by atoms with Gasteiger partial charge in [0, 0.05) is 17.9 Å². The molecule has 1 aliphatic heterocycles. The van der Waals surface area contributed by atoms with Crippen LogP contribution in [0.3, 0.4) is 0 Å². The van der Waals surface area contributed by atoms with E-state index in [1.54, 1.807) is 36.4 Å². The monoisotopic (exact) mass is 364 g/mol. The number of rotatable bonds is 4. The Labute approximate surface area is 156 Å². The first-order chi connectivity index (χ1) is 12.9. The zero-order valence-electron chi connectivity index (χ0n) is 14.6. The number of hydrogen-bond donors (Lipinski definition) is 3. The van der Waals surface area contributed by atoms with Gasteiger partial charge in [0.2, 0.25) is 0 Å². The van der Waals surface area contributed by atoms with E-state index in [2.05, 4.69) is 16.9 Å². The third kappa shape index (κ3) is 4.33. The predicted octanol–water partition coefficient (Wildman–Crippen LogP) is 1.93. The lowest BCUT2D eigenvalue weighted by Gasteiger charge is -2.32. The largest absolute Gasteiger partial charge is 0.430 e. The molecule has 1 aliphatic rings. The minimum atomic E-state index is -0.822. The van der Waals surface area contributed by atoms with E-state index in [0.717, 1.165) is 5.56 Å². The molecule has 5 N–H and O–H groups in total. The Kier molecular flexibility index (Phi) is 5.21. The van der Waals surface area contributed by atoms with Gasteiger partial charge in [-0.1, -0.05) is 36.9 Å². The van der Waals surface area contributed by atoms with Crippen molar-refractivity contribution in [1.29, 1.82) is 0 Å². The molecule has 0 bridgehead atoms. The summed E-state index contributed by atoms with van der Waals surface area (Å²) in [6.07, 6.45) is 0.410. The molecule has 1 fully saturated rings. The molecule has 138 valence electrons. The summed E-state index contributed by atoms with van der Waals surface area (Å²) >= 11 is 0. The van der Waals surface area contributed by atoms with Gasteiger partial charge in [0.1, 0.15) is 11.8 Å². The Morgan fingerprint density at radius 1 is 1.11 bits per heavy atom. The Hall–Kier alpha value is -3.61. The number of ether oxygens (including phenoxy) is 1. The molecular formula is C20H20N4O3. The van der Waals surface area contributed by atoms with Crippen LogP contribution in [-0.4, -0.2) is 23.9 Å². The van der Waals surface area contributed by atoms with Crippen LogP contribution in [-0.2, 0) is 9.53 Å². The van der Waals surface area contributed by atoms with E-state index in [0.29, 0.717) is 23.4 Å². The molecule has 2 atom stereocenters. The van der Waals surface area contributed by atoms with Crippen molar-refractivity contribution in [2.75, 3.05) is 0 Å². The lowest BCUT2D eigenvalue weighted by molar-refractivity contribution is -0.145. The number of hydrogen-bond acceptors (Lipinski definition) is 4. The zero-order chi connectivity index (χ0) is 19.4. The predicted molar refractivity (Wildman–Crippen MR) is 102 cm³/mol. The van der Waals surface area contributed by atoms with Crippen LogP contribution in [0.5, 0.6) is 0 Å². The Morgan fingerprint density at radius 3 is 2.41 bits per heavy atom. The quantitative estimate of drug-likeness (QED) is 0.435. The van der Waals surface area contributed by atoms with Gasteiger partial charge in [0.05, 0.1) is 5.69 Å². The second kappa shape index (κ2) is 7.74. The standard InChI is InChI=1S/C20H20N4O3/c1-12-11-16(13-7-9-15(10-8-13)23-20(21)22)17(19(26)27-12)24-18(25)14-5-3-2-4-6-14/h2-10,16-17H,1,11H2,(H,24,25)(H4,21,22,23)/t16-,17-/m1/s1. The van der Waals surface area contributed by atoms with Crippen LogP contribution in [0, 0.1) is 0 Å². The van der Waals surface area contributed by atoms with E-state index in [4.69, 9.17) is 16.2 Å². The minimum absolute atomic E-state index is 0.0367. The number of carbonyl (C=O) groups is 2. The summed E-state index contributed by atoms with van der Waals surface area (Å²) in [5.41, 5.74) is 12.7. The molecule has 2 aromatic carbocycles. The average Bonchev–Trinajstić information content (AvgIpc) is 2.64. The smallest absolute Gasteiger partial charge is 0.334 e. The van der Waals surface area contributed by atoms with Crippen molar-refractivity contribution < 1.29 is 14.3 Å². The number of esters is 1. The van der Waals surface area contributed by atoms with Crippen LogP contribution in [0.15, 0.2) is 71.9 Å². The summed E-state index contributed by atoms with van der Waals surface area (Å²) in [6.45, 7) is 3.76. The molecule has 0 radical (unpaired) electrons. The number of carbonyl (C=O) groups excluding carboxylic acids is 2. The van der Waals surface area contributed by atoms with Crippen LogP contribution in [0.4, 0.5) is 5.69 Å². The molecule has 2 aromatic rings. The lowest BCUT2D eigenvalue weighted by Crippen LogP contribution is -2.48. The number of benzene rings is 2. The molecule has 0 saturated carbocycles. The highest BCUT2D eigenvalue weighted by molar-refractivity contribution is 5.97. The van der Waals surface area contributed by atoms with Crippen molar-refractivity contribution in [1.82, 2.24) is 5.32 Å². The molecule has 0 unspecified atom stereocenters. The Morgan fingerprint density at radius 2 is 1.78 bits per heavy atom. The van der Waals surface area contributed by atoms with E-state index in [-0.39, 0.29) is 17.8 Å². The van der Waals surface area contributed by atoms with E-state index in [1.807, 2.05) is 18.2 Å². The van der Waals surface area contributed by atoms with Gasteiger partial charge in [-0.3, -0.25) is 4.79 Å². The molecular weight excluding hydrogens is 344 g/mol. The maximum Gasteiger partial charge on any atom is 0.334 e. The highest BCUT2D eigenvalue weighted by atomic mass is 16.5. The Balaban J connectivity index is 1.86. The highest BCUT2D eigenvalue weighted by Crippen LogP contribution is 2.33. The van der Waals surface area contributed by atoms with Gasteiger partial charge in [-0.2, -0.15) is 0 Å². The third-order valence-corrected chi connectivity index (χ3v) is 4.25. The number of nitrogens with one attached hydrogen (secondary N) is 1. The number of nitrogens with zero attached hydrogens (tertiary/aromatic N) is 1. The van der Waals surface area contributed by atoms with Gasteiger partial charge >= 0.3 is 5.97 Å². The van der Waals surface area contributed by atoms with Crippen LogP contribution < -0.4 is 16.8 Å². The number of aliphatic imine (C=N–C) groups is 1. The number of allylic oxidation sites excluding steroid dienone is 1. The molecule has 0 spiro atoms. The zero-order valence-corrected chi connectivity index (χ0v) is 14.6. The molecule has 3 rings (SSSR count). The fourth-order valence-electron chi connectivity index (χ4n) is 3.00. The maximum atomic E-state index is 12.5. The molecule has 0 aromatic heterocycles. The van der Waals surface area contributed by atoms with Crippen molar-refractivity contribution in [3.8, 4) is 0 Å². The van der Waals surface area contributed by atoms with E-state index >= 15 is 0 Å². The van der Waals surface area contributed by atoms with E-state index < -0.39 is 12.0 Å². The summed E-state index contributed by atoms with van der Waals surface area (Å²) in [5, 5.41) is 2.78. The average molecular weight is 364 g/mol.